The number of piperidine rings is 1. The summed E-state index contributed by atoms with van der Waals surface area (Å²) in [7, 11) is 0. The van der Waals surface area contributed by atoms with Crippen LogP contribution in [0, 0.1) is 5.92 Å². The van der Waals surface area contributed by atoms with E-state index in [0.717, 1.165) is 25.9 Å². The number of halogens is 1. The third-order valence-corrected chi connectivity index (χ3v) is 5.10. The molecule has 25 heavy (non-hydrogen) atoms. The molecule has 4 N–H and O–H groups in total. The Hall–Kier alpha value is -2.13. The van der Waals surface area contributed by atoms with Crippen LogP contribution in [0.2, 0.25) is 0 Å². The van der Waals surface area contributed by atoms with Crippen molar-refractivity contribution in [2.24, 2.45) is 5.92 Å². The molecular formula is C16H19BrN4O4. The van der Waals surface area contributed by atoms with E-state index in [1.165, 1.54) is 6.07 Å². The molecule has 8 nitrogen and oxygen atoms in total. The highest BCUT2D eigenvalue weighted by Crippen LogP contribution is 2.29. The number of likely N-dealkylation sites (tertiary alicyclic amines) is 1. The van der Waals surface area contributed by atoms with E-state index in [1.54, 1.807) is 6.07 Å². The van der Waals surface area contributed by atoms with Gasteiger partial charge in [-0.05, 0) is 53.8 Å². The minimum absolute atomic E-state index is 0.0695. The number of carboxylic acids is 1. The number of nitrogens with one attached hydrogen (secondary N) is 2. The predicted molar refractivity (Wildman–Crippen MR) is 94.6 cm³/mol. The highest BCUT2D eigenvalue weighted by atomic mass is 79.9. The maximum atomic E-state index is 12.4. The molecule has 9 heteroatoms. The molecule has 134 valence electrons. The standard InChI is InChI=1S/C16H19BrN4O4/c17-11-5-10-12(6-13(11)22)19-20-15(10)16(25)18-7-9-1-3-21(4-2-9)8-14(23)24/h5-6,9,22H,1-4,7-8H2,(H,18,25)(H,19,20)(H,23,24). The average molecular weight is 411 g/mol. The third-order valence-electron chi connectivity index (χ3n) is 4.46. The summed E-state index contributed by atoms with van der Waals surface area (Å²) in [4.78, 5) is 25.0. The first kappa shape index (κ1) is 17.7. The Morgan fingerprint density at radius 3 is 2.76 bits per heavy atom. The molecule has 1 fully saturated rings. The number of aromatic amines is 1. The quantitative estimate of drug-likeness (QED) is 0.593. The fraction of sp³-hybridized carbons (Fsp3) is 0.438. The summed E-state index contributed by atoms with van der Waals surface area (Å²) in [6.45, 7) is 2.06. The number of aliphatic carboxylic acids is 1. The van der Waals surface area contributed by atoms with E-state index >= 15 is 0 Å². The monoisotopic (exact) mass is 410 g/mol. The van der Waals surface area contributed by atoms with Crippen LogP contribution in [-0.2, 0) is 4.79 Å². The van der Waals surface area contributed by atoms with Crippen molar-refractivity contribution < 1.29 is 19.8 Å². The number of aromatic nitrogens is 2. The molecular weight excluding hydrogens is 392 g/mol. The van der Waals surface area contributed by atoms with Crippen LogP contribution in [0.5, 0.6) is 5.75 Å². The second-order valence-electron chi connectivity index (χ2n) is 6.24. The first-order chi connectivity index (χ1) is 11.9. The minimum Gasteiger partial charge on any atom is -0.507 e. The van der Waals surface area contributed by atoms with E-state index in [9.17, 15) is 14.7 Å². The number of benzene rings is 1. The van der Waals surface area contributed by atoms with Gasteiger partial charge < -0.3 is 15.5 Å². The van der Waals surface area contributed by atoms with Gasteiger partial charge in [0.15, 0.2) is 5.69 Å². The van der Waals surface area contributed by atoms with Crippen LogP contribution in [0.4, 0.5) is 0 Å². The van der Waals surface area contributed by atoms with E-state index in [2.05, 4.69) is 31.4 Å². The zero-order valence-electron chi connectivity index (χ0n) is 13.5. The fourth-order valence-corrected chi connectivity index (χ4v) is 3.40. The summed E-state index contributed by atoms with van der Waals surface area (Å²) in [5.74, 6) is -0.669. The number of carbonyl (C=O) groups is 2. The van der Waals surface area contributed by atoms with Gasteiger partial charge in [-0.1, -0.05) is 0 Å². The molecule has 1 aliphatic rings. The largest absolute Gasteiger partial charge is 0.507 e. The molecule has 0 unspecified atom stereocenters. The van der Waals surface area contributed by atoms with Crippen LogP contribution in [-0.4, -0.2) is 63.4 Å². The summed E-state index contributed by atoms with van der Waals surface area (Å²) in [5.41, 5.74) is 0.881. The SMILES string of the molecule is O=C(O)CN1CCC(CNC(=O)c2n[nH]c3cc(O)c(Br)cc23)CC1. The first-order valence-electron chi connectivity index (χ1n) is 8.03. The molecule has 1 aromatic carbocycles. The highest BCUT2D eigenvalue weighted by Gasteiger charge is 2.22. The third kappa shape index (κ3) is 4.10. The summed E-state index contributed by atoms with van der Waals surface area (Å²) >= 11 is 3.24. The maximum Gasteiger partial charge on any atom is 0.317 e. The summed E-state index contributed by atoms with van der Waals surface area (Å²) in [6.07, 6.45) is 1.71. The van der Waals surface area contributed by atoms with Crippen LogP contribution in [0.1, 0.15) is 23.3 Å². The number of nitrogens with zero attached hydrogens (tertiary/aromatic N) is 2. The number of hydrogen-bond acceptors (Lipinski definition) is 5. The number of fused-ring (bicyclic) bond motifs is 1. The number of phenols is 1. The molecule has 0 atom stereocenters. The van der Waals surface area contributed by atoms with E-state index in [-0.39, 0.29) is 18.2 Å². The number of amides is 1. The summed E-state index contributed by atoms with van der Waals surface area (Å²) in [6, 6.07) is 3.18. The van der Waals surface area contributed by atoms with Gasteiger partial charge in [-0.3, -0.25) is 19.6 Å². The van der Waals surface area contributed by atoms with Gasteiger partial charge in [-0.15, -0.1) is 0 Å². The van der Waals surface area contributed by atoms with Gasteiger partial charge in [0.05, 0.1) is 16.5 Å². The van der Waals surface area contributed by atoms with Crippen LogP contribution in [0.25, 0.3) is 10.9 Å². The molecule has 0 bridgehead atoms. The molecule has 1 amide bonds. The van der Waals surface area contributed by atoms with Crippen molar-refractivity contribution in [2.45, 2.75) is 12.8 Å². The topological polar surface area (TPSA) is 119 Å². The molecule has 3 rings (SSSR count). The van der Waals surface area contributed by atoms with Crippen molar-refractivity contribution in [3.05, 3.63) is 22.3 Å². The molecule has 2 heterocycles. The Balaban J connectivity index is 1.57. The molecule has 2 aromatic rings. The van der Waals surface area contributed by atoms with E-state index in [4.69, 9.17) is 5.11 Å². The van der Waals surface area contributed by atoms with Gasteiger partial charge in [0.2, 0.25) is 0 Å². The van der Waals surface area contributed by atoms with Gasteiger partial charge in [0.25, 0.3) is 5.91 Å². The molecule has 0 spiro atoms. The molecule has 1 aromatic heterocycles. The smallest absolute Gasteiger partial charge is 0.317 e. The van der Waals surface area contributed by atoms with Gasteiger partial charge in [-0.2, -0.15) is 5.10 Å². The lowest BCUT2D eigenvalue weighted by Gasteiger charge is -2.30. The van der Waals surface area contributed by atoms with E-state index in [0.29, 0.717) is 33.5 Å². The molecule has 1 aliphatic heterocycles. The van der Waals surface area contributed by atoms with Crippen molar-refractivity contribution in [1.29, 1.82) is 0 Å². The lowest BCUT2D eigenvalue weighted by Crippen LogP contribution is -2.40. The Morgan fingerprint density at radius 1 is 1.36 bits per heavy atom. The zero-order valence-corrected chi connectivity index (χ0v) is 15.0. The highest BCUT2D eigenvalue weighted by molar-refractivity contribution is 9.10. The fourth-order valence-electron chi connectivity index (χ4n) is 3.06. The van der Waals surface area contributed by atoms with Crippen LogP contribution < -0.4 is 5.32 Å². The first-order valence-corrected chi connectivity index (χ1v) is 8.82. The Morgan fingerprint density at radius 2 is 2.08 bits per heavy atom. The number of rotatable bonds is 5. The van der Waals surface area contributed by atoms with Gasteiger partial charge in [0, 0.05) is 18.0 Å². The van der Waals surface area contributed by atoms with Crippen molar-refractivity contribution >= 4 is 38.7 Å². The van der Waals surface area contributed by atoms with Crippen molar-refractivity contribution in [1.82, 2.24) is 20.4 Å². The average Bonchev–Trinajstić information content (AvgIpc) is 2.96. The molecule has 0 aliphatic carbocycles. The Labute approximate surface area is 152 Å². The zero-order chi connectivity index (χ0) is 18.0. The second-order valence-corrected chi connectivity index (χ2v) is 7.10. The number of carboxylic acid groups (broad SMARTS) is 1. The van der Waals surface area contributed by atoms with Crippen molar-refractivity contribution in [3.63, 3.8) is 0 Å². The predicted octanol–water partition coefficient (Wildman–Crippen LogP) is 1.56. The molecule has 0 saturated carbocycles. The van der Waals surface area contributed by atoms with E-state index in [1.807, 2.05) is 4.90 Å². The van der Waals surface area contributed by atoms with Crippen LogP contribution in [0.3, 0.4) is 0 Å². The summed E-state index contributed by atoms with van der Waals surface area (Å²) < 4.78 is 0.501. The van der Waals surface area contributed by atoms with Crippen LogP contribution >= 0.6 is 15.9 Å². The van der Waals surface area contributed by atoms with E-state index < -0.39 is 5.97 Å². The van der Waals surface area contributed by atoms with Gasteiger partial charge in [-0.25, -0.2) is 0 Å². The number of hydrogen-bond donors (Lipinski definition) is 4. The van der Waals surface area contributed by atoms with Gasteiger partial charge in [0.1, 0.15) is 5.75 Å². The molecule has 1 saturated heterocycles. The molecule has 0 radical (unpaired) electrons. The second kappa shape index (κ2) is 7.40. The van der Waals surface area contributed by atoms with Gasteiger partial charge >= 0.3 is 5.97 Å². The lowest BCUT2D eigenvalue weighted by molar-refractivity contribution is -0.138. The normalized spacial score (nSPS) is 16.2. The number of phenolic OH excluding ortho intramolecular Hbond substituents is 1. The number of aromatic hydroxyl groups is 1. The Bertz CT molecular complexity index is 799. The Kier molecular flexibility index (Phi) is 5.24. The van der Waals surface area contributed by atoms with Crippen molar-refractivity contribution in [2.75, 3.05) is 26.2 Å². The van der Waals surface area contributed by atoms with Crippen molar-refractivity contribution in [3.8, 4) is 5.75 Å². The summed E-state index contributed by atoms with van der Waals surface area (Å²) in [5, 5.41) is 28.8. The number of H-pyrrole nitrogens is 1. The number of carbonyl (C=O) groups excluding carboxylic acids is 1. The lowest BCUT2D eigenvalue weighted by atomic mass is 9.96. The minimum atomic E-state index is -0.811. The maximum absolute atomic E-state index is 12.4. The van der Waals surface area contributed by atoms with Crippen LogP contribution in [0.15, 0.2) is 16.6 Å².